The van der Waals surface area contributed by atoms with Crippen LogP contribution in [0.5, 0.6) is 0 Å². The third-order valence-corrected chi connectivity index (χ3v) is 3.61. The van der Waals surface area contributed by atoms with Gasteiger partial charge in [0.15, 0.2) is 11.6 Å². The number of hydrogen-bond acceptors (Lipinski definition) is 4. The fourth-order valence-corrected chi connectivity index (χ4v) is 2.50. The molecule has 1 aromatic carbocycles. The average molecular weight is 332 g/mol. The molecule has 0 radical (unpaired) electrons. The van der Waals surface area contributed by atoms with Crippen molar-refractivity contribution in [2.75, 3.05) is 0 Å². The van der Waals surface area contributed by atoms with Crippen LogP contribution in [0.3, 0.4) is 0 Å². The Morgan fingerprint density at radius 1 is 1.36 bits per heavy atom. The van der Waals surface area contributed by atoms with E-state index in [1.807, 2.05) is 0 Å². The van der Waals surface area contributed by atoms with Gasteiger partial charge in [0.05, 0.1) is 10.9 Å². The molecule has 0 saturated heterocycles. The van der Waals surface area contributed by atoms with Crippen molar-refractivity contribution in [3.05, 3.63) is 43.6 Å². The number of carbonyl (C=O) groups excluding carboxylic acids is 1. The molecule has 0 atom stereocenters. The van der Waals surface area contributed by atoms with Crippen LogP contribution in [0.4, 0.5) is 13.6 Å². The summed E-state index contributed by atoms with van der Waals surface area (Å²) in [6, 6.07) is 0.249. The lowest BCUT2D eigenvalue weighted by Gasteiger charge is -2.13. The molecule has 0 aliphatic heterocycles. The van der Waals surface area contributed by atoms with Gasteiger partial charge in [-0.05, 0) is 18.9 Å². The third-order valence-electron chi connectivity index (χ3n) is 3.27. The van der Waals surface area contributed by atoms with Crippen LogP contribution in [0.2, 0.25) is 5.02 Å². The Morgan fingerprint density at radius 3 is 2.55 bits per heavy atom. The van der Waals surface area contributed by atoms with Crippen LogP contribution in [-0.4, -0.2) is 15.4 Å². The number of fused-ring (bicyclic) bond motifs is 1. The smallest absolute Gasteiger partial charge is 0.333 e. The number of primary amides is 1. The van der Waals surface area contributed by atoms with Crippen LogP contribution in [0, 0.1) is 11.6 Å². The van der Waals surface area contributed by atoms with Crippen LogP contribution in [0.1, 0.15) is 18.9 Å². The van der Waals surface area contributed by atoms with Crippen molar-refractivity contribution in [3.8, 4) is 0 Å². The molecule has 0 spiro atoms. The quantitative estimate of drug-likeness (QED) is 0.828. The Balaban J connectivity index is 2.52. The monoisotopic (exact) mass is 331 g/mol. The largest absolute Gasteiger partial charge is 0.429 e. The van der Waals surface area contributed by atoms with Gasteiger partial charge < -0.3 is 10.6 Å². The minimum Gasteiger partial charge on any atom is -0.333 e. The summed E-state index contributed by atoms with van der Waals surface area (Å²) in [4.78, 5) is 39.6. The number of halogens is 3. The van der Waals surface area contributed by atoms with Gasteiger partial charge >= 0.3 is 11.8 Å². The number of aromatic nitrogens is 2. The zero-order valence-electron chi connectivity index (χ0n) is 10.8. The Kier molecular flexibility index (Phi) is 3.17. The maximum atomic E-state index is 13.7. The first kappa shape index (κ1) is 14.5. The van der Waals surface area contributed by atoms with Crippen LogP contribution < -0.4 is 21.8 Å². The highest BCUT2D eigenvalue weighted by molar-refractivity contribution is 6.35. The summed E-state index contributed by atoms with van der Waals surface area (Å²) in [5, 5.41) is -1.07. The van der Waals surface area contributed by atoms with Crippen molar-refractivity contribution in [2.45, 2.75) is 18.9 Å². The Morgan fingerprint density at radius 2 is 2.00 bits per heavy atom. The van der Waals surface area contributed by atoms with E-state index < -0.39 is 39.4 Å². The van der Waals surface area contributed by atoms with Gasteiger partial charge in [-0.3, -0.25) is 9.36 Å². The summed E-state index contributed by atoms with van der Waals surface area (Å²) in [5.41, 5.74) is 2.38. The molecule has 1 aromatic heterocycles. The molecule has 2 aromatic rings. The first-order valence-corrected chi connectivity index (χ1v) is 6.53. The van der Waals surface area contributed by atoms with E-state index in [-0.39, 0.29) is 16.3 Å². The number of hydrogen-bond donors (Lipinski definition) is 1. The number of amides is 1. The SMILES string of the molecule is NC(=O)On1c(=O)c2cc(F)c(F)c(Cl)c2n(C2CC2)c1=O. The zero-order valence-corrected chi connectivity index (χ0v) is 11.6. The number of nitrogens with zero attached hydrogens (tertiary/aromatic N) is 2. The molecule has 1 amide bonds. The van der Waals surface area contributed by atoms with Gasteiger partial charge in [-0.1, -0.05) is 16.3 Å². The number of benzene rings is 1. The van der Waals surface area contributed by atoms with Crippen molar-refractivity contribution >= 4 is 28.6 Å². The number of rotatable bonds is 2. The highest BCUT2D eigenvalue weighted by atomic mass is 35.5. The summed E-state index contributed by atoms with van der Waals surface area (Å²) >= 11 is 5.76. The van der Waals surface area contributed by atoms with E-state index in [0.29, 0.717) is 18.9 Å². The molecule has 3 rings (SSSR count). The van der Waals surface area contributed by atoms with Crippen LogP contribution in [0.25, 0.3) is 10.9 Å². The summed E-state index contributed by atoms with van der Waals surface area (Å²) in [7, 11) is 0. The molecule has 7 nitrogen and oxygen atoms in total. The molecule has 1 aliphatic rings. The molecule has 22 heavy (non-hydrogen) atoms. The van der Waals surface area contributed by atoms with Crippen molar-refractivity contribution < 1.29 is 18.4 Å². The van der Waals surface area contributed by atoms with E-state index in [1.54, 1.807) is 0 Å². The molecule has 1 fully saturated rings. The van der Waals surface area contributed by atoms with Gasteiger partial charge in [0.1, 0.15) is 5.02 Å². The molecule has 1 saturated carbocycles. The van der Waals surface area contributed by atoms with Crippen molar-refractivity contribution in [3.63, 3.8) is 0 Å². The van der Waals surface area contributed by atoms with Gasteiger partial charge in [-0.2, -0.15) is 0 Å². The van der Waals surface area contributed by atoms with Crippen LogP contribution >= 0.6 is 11.6 Å². The molecule has 2 N–H and O–H groups in total. The van der Waals surface area contributed by atoms with Gasteiger partial charge in [-0.25, -0.2) is 18.4 Å². The predicted octanol–water partition coefficient (Wildman–Crippen LogP) is 0.937. The van der Waals surface area contributed by atoms with Crippen LogP contribution in [0.15, 0.2) is 15.7 Å². The van der Waals surface area contributed by atoms with E-state index in [0.717, 1.165) is 4.57 Å². The van der Waals surface area contributed by atoms with E-state index in [9.17, 15) is 23.2 Å². The fourth-order valence-electron chi connectivity index (χ4n) is 2.22. The summed E-state index contributed by atoms with van der Waals surface area (Å²) < 4.78 is 28.3. The Labute approximate surface area is 125 Å². The minimum atomic E-state index is -1.39. The number of nitrogens with two attached hydrogens (primary N) is 1. The van der Waals surface area contributed by atoms with E-state index in [1.165, 1.54) is 0 Å². The summed E-state index contributed by atoms with van der Waals surface area (Å²) in [6.07, 6.45) is -0.229. The maximum absolute atomic E-state index is 13.7. The van der Waals surface area contributed by atoms with Crippen molar-refractivity contribution in [2.24, 2.45) is 5.73 Å². The second kappa shape index (κ2) is 4.80. The average Bonchev–Trinajstić information content (AvgIpc) is 3.27. The first-order valence-electron chi connectivity index (χ1n) is 6.15. The molecule has 1 aliphatic carbocycles. The standard InChI is InChI=1S/C12H8ClF2N3O4/c13-7-8(15)6(14)3-5-9(7)17(4-1-2-4)12(21)18(10(5)19)22-11(16)20/h3-4H,1-2H2,(H2,16,20). The molecule has 0 bridgehead atoms. The van der Waals surface area contributed by atoms with Gasteiger partial charge in [0.25, 0.3) is 5.56 Å². The van der Waals surface area contributed by atoms with E-state index in [4.69, 9.17) is 17.3 Å². The normalized spacial score (nSPS) is 14.3. The van der Waals surface area contributed by atoms with Gasteiger partial charge in [-0.15, -0.1) is 0 Å². The van der Waals surface area contributed by atoms with Crippen LogP contribution in [-0.2, 0) is 0 Å². The fraction of sp³-hybridized carbons (Fsp3) is 0.250. The third kappa shape index (κ3) is 2.05. The first-order chi connectivity index (χ1) is 10.3. The minimum absolute atomic E-state index is 0.108. The molecule has 1 heterocycles. The van der Waals surface area contributed by atoms with Crippen molar-refractivity contribution in [1.29, 1.82) is 0 Å². The maximum Gasteiger partial charge on any atom is 0.429 e. The highest BCUT2D eigenvalue weighted by Gasteiger charge is 2.31. The molecule has 10 heteroatoms. The Bertz CT molecular complexity index is 933. The van der Waals surface area contributed by atoms with Gasteiger partial charge in [0, 0.05) is 6.04 Å². The molecule has 116 valence electrons. The molecular weight excluding hydrogens is 324 g/mol. The molecular formula is C12H8ClF2N3O4. The highest BCUT2D eigenvalue weighted by Crippen LogP contribution is 2.37. The predicted molar refractivity (Wildman–Crippen MR) is 71.8 cm³/mol. The second-order valence-electron chi connectivity index (χ2n) is 4.78. The lowest BCUT2D eigenvalue weighted by atomic mass is 10.2. The van der Waals surface area contributed by atoms with Crippen molar-refractivity contribution in [1.82, 2.24) is 9.30 Å². The summed E-state index contributed by atoms with van der Waals surface area (Å²) in [5.74, 6) is -2.72. The Hall–Kier alpha value is -2.42. The second-order valence-corrected chi connectivity index (χ2v) is 5.15. The topological polar surface area (TPSA) is 96.3 Å². The lowest BCUT2D eigenvalue weighted by Crippen LogP contribution is -2.46. The summed E-state index contributed by atoms with van der Waals surface area (Å²) in [6.45, 7) is 0. The van der Waals surface area contributed by atoms with E-state index in [2.05, 4.69) is 4.84 Å². The zero-order chi connectivity index (χ0) is 16.2. The molecule has 0 unspecified atom stereocenters. The van der Waals surface area contributed by atoms with E-state index >= 15 is 0 Å². The number of carbonyl (C=O) groups is 1. The van der Waals surface area contributed by atoms with Gasteiger partial charge in [0.2, 0.25) is 0 Å². The lowest BCUT2D eigenvalue weighted by molar-refractivity contribution is 0.130.